The first-order chi connectivity index (χ1) is 6.17. The molecule has 1 saturated carbocycles. The van der Waals surface area contributed by atoms with E-state index in [0.29, 0.717) is 0 Å². The molecule has 0 spiro atoms. The van der Waals surface area contributed by atoms with Gasteiger partial charge in [-0.1, -0.05) is 26.2 Å². The van der Waals surface area contributed by atoms with Gasteiger partial charge in [-0.05, 0) is 39.0 Å². The molecular formula is C12H24O. The Kier molecular flexibility index (Phi) is 4.24. The van der Waals surface area contributed by atoms with Crippen LogP contribution in [0.1, 0.15) is 59.3 Å². The normalized spacial score (nSPS) is 20.5. The Bertz CT molecular complexity index is 134. The van der Waals surface area contributed by atoms with E-state index >= 15 is 0 Å². The lowest BCUT2D eigenvalue weighted by Gasteiger charge is -2.36. The molecule has 0 saturated heterocycles. The van der Waals surface area contributed by atoms with Crippen LogP contribution in [0, 0.1) is 5.92 Å². The summed E-state index contributed by atoms with van der Waals surface area (Å²) in [4.78, 5) is 0. The van der Waals surface area contributed by atoms with Gasteiger partial charge in [0, 0.05) is 6.61 Å². The van der Waals surface area contributed by atoms with Crippen LogP contribution in [0.2, 0.25) is 0 Å². The molecule has 0 radical (unpaired) electrons. The van der Waals surface area contributed by atoms with Crippen molar-refractivity contribution in [2.75, 3.05) is 6.61 Å². The summed E-state index contributed by atoms with van der Waals surface area (Å²) < 4.78 is 5.92. The number of rotatable bonds is 4. The number of ether oxygens (including phenoxy) is 1. The van der Waals surface area contributed by atoms with Crippen molar-refractivity contribution in [1.82, 2.24) is 0 Å². The van der Waals surface area contributed by atoms with E-state index in [1.54, 1.807) is 0 Å². The third-order valence-electron chi connectivity index (χ3n) is 3.27. The number of hydrogen-bond donors (Lipinski definition) is 0. The Labute approximate surface area is 82.9 Å². The maximum Gasteiger partial charge on any atom is 0.0654 e. The smallest absolute Gasteiger partial charge is 0.0654 e. The van der Waals surface area contributed by atoms with Crippen LogP contribution >= 0.6 is 0 Å². The molecule has 0 N–H and O–H groups in total. The summed E-state index contributed by atoms with van der Waals surface area (Å²) in [5.41, 5.74) is 0.121. The molecule has 1 rings (SSSR count). The highest BCUT2D eigenvalue weighted by atomic mass is 16.5. The molecule has 0 aromatic carbocycles. The molecular weight excluding hydrogens is 160 g/mol. The molecule has 0 aromatic heterocycles. The van der Waals surface area contributed by atoms with Gasteiger partial charge in [0.2, 0.25) is 0 Å². The summed E-state index contributed by atoms with van der Waals surface area (Å²) >= 11 is 0. The molecule has 0 unspecified atom stereocenters. The fourth-order valence-electron chi connectivity index (χ4n) is 2.28. The van der Waals surface area contributed by atoms with Crippen molar-refractivity contribution >= 4 is 0 Å². The van der Waals surface area contributed by atoms with Crippen LogP contribution in [-0.2, 0) is 4.74 Å². The predicted octanol–water partition coefficient (Wildman–Crippen LogP) is 3.77. The fraction of sp³-hybridized carbons (Fsp3) is 1.00. The third kappa shape index (κ3) is 3.30. The van der Waals surface area contributed by atoms with E-state index in [-0.39, 0.29) is 5.60 Å². The van der Waals surface area contributed by atoms with Crippen molar-refractivity contribution in [3.8, 4) is 0 Å². The van der Waals surface area contributed by atoms with Gasteiger partial charge in [0.1, 0.15) is 0 Å². The summed E-state index contributed by atoms with van der Waals surface area (Å²) in [6, 6.07) is 0. The zero-order valence-electron chi connectivity index (χ0n) is 9.44. The van der Waals surface area contributed by atoms with Crippen LogP contribution in [0.3, 0.4) is 0 Å². The topological polar surface area (TPSA) is 9.23 Å². The van der Waals surface area contributed by atoms with Gasteiger partial charge in [0.15, 0.2) is 0 Å². The molecule has 0 heterocycles. The minimum atomic E-state index is 0.121. The lowest BCUT2D eigenvalue weighted by atomic mass is 9.79. The molecule has 0 amide bonds. The molecule has 1 fully saturated rings. The quantitative estimate of drug-likeness (QED) is 0.646. The zero-order chi connectivity index (χ0) is 9.73. The van der Waals surface area contributed by atoms with Crippen LogP contribution in [-0.4, -0.2) is 12.2 Å². The Morgan fingerprint density at radius 3 is 2.31 bits per heavy atom. The van der Waals surface area contributed by atoms with Crippen LogP contribution in [0.25, 0.3) is 0 Å². The highest BCUT2D eigenvalue weighted by Gasteiger charge is 2.30. The van der Waals surface area contributed by atoms with Gasteiger partial charge in [-0.25, -0.2) is 0 Å². The predicted molar refractivity (Wildman–Crippen MR) is 56.9 cm³/mol. The zero-order valence-corrected chi connectivity index (χ0v) is 9.44. The summed E-state index contributed by atoms with van der Waals surface area (Å²) in [5, 5.41) is 0. The second-order valence-corrected chi connectivity index (χ2v) is 4.79. The van der Waals surface area contributed by atoms with Gasteiger partial charge in [-0.15, -0.1) is 0 Å². The summed E-state index contributed by atoms with van der Waals surface area (Å²) in [7, 11) is 0. The van der Waals surface area contributed by atoms with Gasteiger partial charge in [-0.2, -0.15) is 0 Å². The minimum Gasteiger partial charge on any atom is -0.375 e. The highest BCUT2D eigenvalue weighted by molar-refractivity contribution is 4.81. The second kappa shape index (κ2) is 4.99. The molecule has 78 valence electrons. The molecule has 0 bridgehead atoms. The highest BCUT2D eigenvalue weighted by Crippen LogP contribution is 2.34. The van der Waals surface area contributed by atoms with Gasteiger partial charge in [0.25, 0.3) is 0 Å². The van der Waals surface area contributed by atoms with Crippen LogP contribution < -0.4 is 0 Å². The molecule has 1 nitrogen and oxygen atoms in total. The monoisotopic (exact) mass is 184 g/mol. The molecule has 1 aliphatic carbocycles. The SMILES string of the molecule is CCCOC(C)(C)C1CCCCC1. The maximum atomic E-state index is 5.92. The van der Waals surface area contributed by atoms with E-state index in [1.165, 1.54) is 32.1 Å². The van der Waals surface area contributed by atoms with E-state index in [9.17, 15) is 0 Å². The molecule has 0 aromatic rings. The van der Waals surface area contributed by atoms with E-state index < -0.39 is 0 Å². The lowest BCUT2D eigenvalue weighted by Crippen LogP contribution is -2.36. The summed E-state index contributed by atoms with van der Waals surface area (Å²) in [5.74, 6) is 0.799. The van der Waals surface area contributed by atoms with Gasteiger partial charge in [0.05, 0.1) is 5.60 Å². The Balaban J connectivity index is 2.36. The van der Waals surface area contributed by atoms with Crippen molar-refractivity contribution in [3.63, 3.8) is 0 Å². The van der Waals surface area contributed by atoms with Crippen LogP contribution in [0.4, 0.5) is 0 Å². The standard InChI is InChI=1S/C12H24O/c1-4-10-13-12(2,3)11-8-6-5-7-9-11/h11H,4-10H2,1-3H3. The molecule has 13 heavy (non-hydrogen) atoms. The summed E-state index contributed by atoms with van der Waals surface area (Å²) in [6.45, 7) is 7.62. The van der Waals surface area contributed by atoms with Crippen LogP contribution in [0.5, 0.6) is 0 Å². The Morgan fingerprint density at radius 1 is 1.15 bits per heavy atom. The average Bonchev–Trinajstić information content (AvgIpc) is 2.16. The van der Waals surface area contributed by atoms with E-state index in [0.717, 1.165) is 18.9 Å². The van der Waals surface area contributed by atoms with E-state index in [1.807, 2.05) is 0 Å². The summed E-state index contributed by atoms with van der Waals surface area (Å²) in [6.07, 6.45) is 8.12. The Morgan fingerprint density at radius 2 is 1.77 bits per heavy atom. The number of hydrogen-bond acceptors (Lipinski definition) is 1. The fourth-order valence-corrected chi connectivity index (χ4v) is 2.28. The van der Waals surface area contributed by atoms with Crippen molar-refractivity contribution in [3.05, 3.63) is 0 Å². The van der Waals surface area contributed by atoms with Gasteiger partial charge >= 0.3 is 0 Å². The van der Waals surface area contributed by atoms with Gasteiger partial charge < -0.3 is 4.74 Å². The molecule has 1 aliphatic rings. The van der Waals surface area contributed by atoms with E-state index in [2.05, 4.69) is 20.8 Å². The first-order valence-corrected chi connectivity index (χ1v) is 5.81. The van der Waals surface area contributed by atoms with Crippen molar-refractivity contribution in [2.24, 2.45) is 5.92 Å². The van der Waals surface area contributed by atoms with Gasteiger partial charge in [-0.3, -0.25) is 0 Å². The minimum absolute atomic E-state index is 0.121. The first kappa shape index (κ1) is 11.0. The first-order valence-electron chi connectivity index (χ1n) is 5.81. The molecule has 1 heteroatoms. The molecule has 0 aliphatic heterocycles. The second-order valence-electron chi connectivity index (χ2n) is 4.79. The lowest BCUT2D eigenvalue weighted by molar-refractivity contribution is -0.0697. The largest absolute Gasteiger partial charge is 0.375 e. The van der Waals surface area contributed by atoms with Crippen molar-refractivity contribution in [2.45, 2.75) is 64.9 Å². The van der Waals surface area contributed by atoms with Crippen molar-refractivity contribution < 1.29 is 4.74 Å². The average molecular weight is 184 g/mol. The maximum absolute atomic E-state index is 5.92. The Hall–Kier alpha value is -0.0400. The van der Waals surface area contributed by atoms with Crippen LogP contribution in [0.15, 0.2) is 0 Å². The third-order valence-corrected chi connectivity index (χ3v) is 3.27. The van der Waals surface area contributed by atoms with Crippen molar-refractivity contribution in [1.29, 1.82) is 0 Å². The van der Waals surface area contributed by atoms with E-state index in [4.69, 9.17) is 4.74 Å². The molecule has 0 atom stereocenters.